The van der Waals surface area contributed by atoms with E-state index in [1.54, 1.807) is 6.92 Å². The monoisotopic (exact) mass is 325 g/mol. The van der Waals surface area contributed by atoms with Gasteiger partial charge in [0.05, 0.1) is 13.2 Å². The Labute approximate surface area is 142 Å². The SMILES string of the molecule is CCCOc1ccc2ccccc2c1CN(C)Cc1nnc(C)o1. The van der Waals surface area contributed by atoms with Gasteiger partial charge in [-0.05, 0) is 30.3 Å². The summed E-state index contributed by atoms with van der Waals surface area (Å²) in [7, 11) is 2.05. The molecule has 0 aliphatic carbocycles. The van der Waals surface area contributed by atoms with Crippen LogP contribution in [0.5, 0.6) is 5.75 Å². The molecule has 1 aromatic heterocycles. The molecule has 24 heavy (non-hydrogen) atoms. The number of hydrogen-bond donors (Lipinski definition) is 0. The number of benzene rings is 2. The van der Waals surface area contributed by atoms with Gasteiger partial charge in [0.1, 0.15) is 5.75 Å². The molecule has 5 heteroatoms. The Balaban J connectivity index is 1.87. The highest BCUT2D eigenvalue weighted by atomic mass is 16.5. The molecular formula is C19H23N3O2. The first-order chi connectivity index (χ1) is 11.7. The Hall–Kier alpha value is -2.40. The fourth-order valence-electron chi connectivity index (χ4n) is 2.78. The van der Waals surface area contributed by atoms with E-state index < -0.39 is 0 Å². The minimum absolute atomic E-state index is 0.593. The van der Waals surface area contributed by atoms with Crippen LogP contribution in [0.15, 0.2) is 40.8 Å². The van der Waals surface area contributed by atoms with Crippen molar-refractivity contribution in [3.63, 3.8) is 0 Å². The standard InChI is InChI=1S/C19H23N3O2/c1-4-11-23-18-10-9-15-7-5-6-8-16(15)17(18)12-22(3)13-19-21-20-14(2)24-19/h5-10H,4,11-13H2,1-3H3. The lowest BCUT2D eigenvalue weighted by atomic mass is 10.0. The van der Waals surface area contributed by atoms with Crippen LogP contribution in [0.4, 0.5) is 0 Å². The average Bonchev–Trinajstić information content (AvgIpc) is 2.99. The summed E-state index contributed by atoms with van der Waals surface area (Å²) in [4.78, 5) is 2.16. The predicted molar refractivity (Wildman–Crippen MR) is 93.9 cm³/mol. The maximum absolute atomic E-state index is 5.97. The van der Waals surface area contributed by atoms with Gasteiger partial charge < -0.3 is 9.15 Å². The van der Waals surface area contributed by atoms with Gasteiger partial charge in [-0.25, -0.2) is 0 Å². The van der Waals surface area contributed by atoms with Gasteiger partial charge in [-0.1, -0.05) is 37.3 Å². The van der Waals surface area contributed by atoms with Crippen LogP contribution in [0, 0.1) is 6.92 Å². The van der Waals surface area contributed by atoms with E-state index in [4.69, 9.17) is 9.15 Å². The highest BCUT2D eigenvalue weighted by molar-refractivity contribution is 5.87. The van der Waals surface area contributed by atoms with Crippen molar-refractivity contribution in [3.05, 3.63) is 53.7 Å². The molecular weight excluding hydrogens is 302 g/mol. The van der Waals surface area contributed by atoms with Crippen molar-refractivity contribution in [2.24, 2.45) is 0 Å². The minimum Gasteiger partial charge on any atom is -0.493 e. The molecule has 0 N–H and O–H groups in total. The summed E-state index contributed by atoms with van der Waals surface area (Å²) in [6, 6.07) is 12.6. The predicted octanol–water partition coefficient (Wildman–Crippen LogP) is 3.95. The Bertz CT molecular complexity index is 813. The van der Waals surface area contributed by atoms with Crippen molar-refractivity contribution in [2.45, 2.75) is 33.4 Å². The summed E-state index contributed by atoms with van der Waals surface area (Å²) in [5.41, 5.74) is 1.19. The third-order valence-corrected chi connectivity index (χ3v) is 3.86. The zero-order valence-electron chi connectivity index (χ0n) is 14.5. The van der Waals surface area contributed by atoms with Crippen molar-refractivity contribution in [2.75, 3.05) is 13.7 Å². The molecule has 0 unspecified atom stereocenters. The van der Waals surface area contributed by atoms with E-state index in [1.165, 1.54) is 16.3 Å². The number of ether oxygens (including phenoxy) is 1. The zero-order valence-corrected chi connectivity index (χ0v) is 14.5. The van der Waals surface area contributed by atoms with Gasteiger partial charge in [0, 0.05) is 19.0 Å². The lowest BCUT2D eigenvalue weighted by molar-refractivity contribution is 0.268. The van der Waals surface area contributed by atoms with Crippen LogP contribution in [-0.4, -0.2) is 28.8 Å². The van der Waals surface area contributed by atoms with Crippen LogP contribution in [0.25, 0.3) is 10.8 Å². The highest BCUT2D eigenvalue weighted by Gasteiger charge is 2.13. The van der Waals surface area contributed by atoms with Crippen molar-refractivity contribution in [1.29, 1.82) is 0 Å². The van der Waals surface area contributed by atoms with Crippen LogP contribution in [0.2, 0.25) is 0 Å². The molecule has 0 amide bonds. The van der Waals surface area contributed by atoms with Gasteiger partial charge in [-0.15, -0.1) is 10.2 Å². The Morgan fingerprint density at radius 3 is 2.67 bits per heavy atom. The van der Waals surface area contributed by atoms with Gasteiger partial charge in [-0.3, -0.25) is 4.90 Å². The van der Waals surface area contributed by atoms with Gasteiger partial charge in [0.25, 0.3) is 0 Å². The van der Waals surface area contributed by atoms with Crippen molar-refractivity contribution in [1.82, 2.24) is 15.1 Å². The fraction of sp³-hybridized carbons (Fsp3) is 0.368. The Kier molecular flexibility index (Phi) is 5.11. The molecule has 0 atom stereocenters. The average molecular weight is 325 g/mol. The first kappa shape index (κ1) is 16.5. The first-order valence-electron chi connectivity index (χ1n) is 8.28. The second-order valence-corrected chi connectivity index (χ2v) is 6.00. The summed E-state index contributed by atoms with van der Waals surface area (Å²) in [6.07, 6.45) is 0.989. The largest absolute Gasteiger partial charge is 0.493 e. The number of rotatable bonds is 7. The minimum atomic E-state index is 0.593. The molecule has 0 aliphatic rings. The number of aromatic nitrogens is 2. The second-order valence-electron chi connectivity index (χ2n) is 6.00. The number of fused-ring (bicyclic) bond motifs is 1. The summed E-state index contributed by atoms with van der Waals surface area (Å²) >= 11 is 0. The van der Waals surface area contributed by atoms with E-state index in [9.17, 15) is 0 Å². The van der Waals surface area contributed by atoms with E-state index >= 15 is 0 Å². The van der Waals surface area contributed by atoms with Gasteiger partial charge >= 0.3 is 0 Å². The van der Waals surface area contributed by atoms with Crippen molar-refractivity contribution >= 4 is 10.8 Å². The number of hydrogen-bond acceptors (Lipinski definition) is 5. The van der Waals surface area contributed by atoms with Gasteiger partial charge in [0.2, 0.25) is 11.8 Å². The third kappa shape index (κ3) is 3.74. The summed E-state index contributed by atoms with van der Waals surface area (Å²) in [5, 5.41) is 10.4. The summed E-state index contributed by atoms with van der Waals surface area (Å²) < 4.78 is 11.5. The van der Waals surface area contributed by atoms with E-state index in [2.05, 4.69) is 58.4 Å². The topological polar surface area (TPSA) is 51.4 Å². The van der Waals surface area contributed by atoms with E-state index in [0.717, 1.165) is 25.3 Å². The molecule has 3 rings (SSSR count). The molecule has 0 saturated carbocycles. The maximum atomic E-state index is 5.97. The molecule has 2 aromatic carbocycles. The van der Waals surface area contributed by atoms with Crippen LogP contribution in [0.3, 0.4) is 0 Å². The normalized spacial score (nSPS) is 11.3. The number of nitrogens with zero attached hydrogens (tertiary/aromatic N) is 3. The quantitative estimate of drug-likeness (QED) is 0.658. The van der Waals surface area contributed by atoms with E-state index in [0.29, 0.717) is 18.3 Å². The smallest absolute Gasteiger partial charge is 0.230 e. The van der Waals surface area contributed by atoms with Gasteiger partial charge in [0.15, 0.2) is 0 Å². The molecule has 0 saturated heterocycles. The fourth-order valence-corrected chi connectivity index (χ4v) is 2.78. The molecule has 5 nitrogen and oxygen atoms in total. The Morgan fingerprint density at radius 2 is 1.92 bits per heavy atom. The number of aryl methyl sites for hydroxylation is 1. The molecule has 3 aromatic rings. The zero-order chi connectivity index (χ0) is 16.9. The van der Waals surface area contributed by atoms with Crippen LogP contribution in [0.1, 0.15) is 30.7 Å². The molecule has 0 radical (unpaired) electrons. The second kappa shape index (κ2) is 7.45. The third-order valence-electron chi connectivity index (χ3n) is 3.86. The lowest BCUT2D eigenvalue weighted by Crippen LogP contribution is -2.18. The molecule has 0 aliphatic heterocycles. The van der Waals surface area contributed by atoms with Crippen LogP contribution >= 0.6 is 0 Å². The molecule has 1 heterocycles. The summed E-state index contributed by atoms with van der Waals surface area (Å²) in [6.45, 7) is 6.00. The first-order valence-corrected chi connectivity index (χ1v) is 8.28. The van der Waals surface area contributed by atoms with E-state index in [-0.39, 0.29) is 0 Å². The van der Waals surface area contributed by atoms with Crippen LogP contribution in [-0.2, 0) is 13.1 Å². The Morgan fingerprint density at radius 1 is 1.08 bits per heavy atom. The van der Waals surface area contributed by atoms with Crippen molar-refractivity contribution < 1.29 is 9.15 Å². The summed E-state index contributed by atoms with van der Waals surface area (Å²) in [5.74, 6) is 2.17. The maximum Gasteiger partial charge on any atom is 0.230 e. The molecule has 0 fully saturated rings. The highest BCUT2D eigenvalue weighted by Crippen LogP contribution is 2.29. The van der Waals surface area contributed by atoms with E-state index in [1.807, 2.05) is 7.05 Å². The lowest BCUT2D eigenvalue weighted by Gasteiger charge is -2.19. The van der Waals surface area contributed by atoms with Crippen LogP contribution < -0.4 is 4.74 Å². The van der Waals surface area contributed by atoms with Crippen molar-refractivity contribution in [3.8, 4) is 5.75 Å². The van der Waals surface area contributed by atoms with Gasteiger partial charge in [-0.2, -0.15) is 0 Å². The molecule has 0 spiro atoms. The molecule has 0 bridgehead atoms. The molecule has 126 valence electrons.